The number of methoxy groups -OCH3 is 1. The van der Waals surface area contributed by atoms with Gasteiger partial charge in [-0.1, -0.05) is 29.4 Å². The number of benzene rings is 2. The minimum Gasteiger partial charge on any atom is -0.497 e. The highest BCUT2D eigenvalue weighted by Gasteiger charge is 2.23. The third-order valence-corrected chi connectivity index (χ3v) is 7.24. The highest BCUT2D eigenvalue weighted by molar-refractivity contribution is 7.99. The van der Waals surface area contributed by atoms with Gasteiger partial charge in [0.15, 0.2) is 10.1 Å². The highest BCUT2D eigenvalue weighted by Crippen LogP contribution is 2.24. The molecule has 0 fully saturated rings. The second kappa shape index (κ2) is 9.54. The molecule has 0 saturated heterocycles. The molecule has 0 bridgehead atoms. The first-order valence-electron chi connectivity index (χ1n) is 8.88. The quantitative estimate of drug-likeness (QED) is 0.394. The lowest BCUT2D eigenvalue weighted by molar-refractivity contribution is -0.113. The van der Waals surface area contributed by atoms with Crippen molar-refractivity contribution in [3.8, 4) is 5.75 Å². The number of hydrogen-bond acceptors (Lipinski definition) is 7. The molecule has 8 nitrogen and oxygen atoms in total. The molecule has 0 unspecified atom stereocenters. The van der Waals surface area contributed by atoms with Crippen LogP contribution in [-0.4, -0.2) is 37.2 Å². The number of aryl methyl sites for hydroxylation is 1. The fourth-order valence-electron chi connectivity index (χ4n) is 2.50. The number of thioether (sulfide) groups is 1. The number of nitrogens with zero attached hydrogens (tertiary/aromatic N) is 1. The lowest BCUT2D eigenvalue weighted by Gasteiger charge is -2.07. The van der Waals surface area contributed by atoms with E-state index in [2.05, 4.69) is 15.3 Å². The number of rotatable bonds is 7. The first-order valence-corrected chi connectivity index (χ1v) is 11.7. The van der Waals surface area contributed by atoms with E-state index in [0.29, 0.717) is 17.0 Å². The van der Waals surface area contributed by atoms with Crippen LogP contribution in [0, 0.1) is 6.92 Å². The van der Waals surface area contributed by atoms with Crippen LogP contribution in [0.5, 0.6) is 5.75 Å². The Bertz CT molecular complexity index is 1270. The Morgan fingerprint density at radius 2 is 1.94 bits per heavy atom. The van der Waals surface area contributed by atoms with Crippen LogP contribution in [0.4, 0.5) is 5.69 Å². The van der Waals surface area contributed by atoms with E-state index in [1.165, 1.54) is 12.1 Å². The Hall–Kier alpha value is -2.82. The molecule has 1 amide bonds. The fraction of sp³-hybridized carbons (Fsp3) is 0.150. The zero-order valence-corrected chi connectivity index (χ0v) is 18.9. The van der Waals surface area contributed by atoms with Gasteiger partial charge in [0.25, 0.3) is 5.56 Å². The minimum atomic E-state index is -4.09. The SMILES string of the molecule is COc1ccc(NC(=O)CSc2ncc(S(=O)(=O)c3ccc(C)c(Cl)c3)c(=O)[nH]2)cc1. The van der Waals surface area contributed by atoms with E-state index in [1.807, 2.05) is 0 Å². The van der Waals surface area contributed by atoms with Crippen molar-refractivity contribution < 1.29 is 17.9 Å². The topological polar surface area (TPSA) is 118 Å². The maximum Gasteiger partial charge on any atom is 0.270 e. The molecular formula is C20H18ClN3O5S2. The van der Waals surface area contributed by atoms with E-state index < -0.39 is 20.3 Å². The van der Waals surface area contributed by atoms with Crippen molar-refractivity contribution in [2.75, 3.05) is 18.2 Å². The van der Waals surface area contributed by atoms with E-state index in [0.717, 1.165) is 18.0 Å². The van der Waals surface area contributed by atoms with Crippen molar-refractivity contribution >= 4 is 44.8 Å². The highest BCUT2D eigenvalue weighted by atomic mass is 35.5. The lowest BCUT2D eigenvalue weighted by atomic mass is 10.2. The van der Waals surface area contributed by atoms with Gasteiger partial charge in [0.05, 0.1) is 24.0 Å². The number of aromatic nitrogens is 2. The van der Waals surface area contributed by atoms with Crippen LogP contribution in [0.3, 0.4) is 0 Å². The minimum absolute atomic E-state index is 0.0331. The number of carbonyl (C=O) groups excluding carboxylic acids is 1. The van der Waals surface area contributed by atoms with Crippen LogP contribution < -0.4 is 15.6 Å². The predicted molar refractivity (Wildman–Crippen MR) is 119 cm³/mol. The first kappa shape index (κ1) is 22.9. The number of nitrogens with one attached hydrogen (secondary N) is 2. The molecule has 0 aliphatic carbocycles. The van der Waals surface area contributed by atoms with Crippen molar-refractivity contribution in [3.63, 3.8) is 0 Å². The molecule has 0 radical (unpaired) electrons. The number of anilines is 1. The zero-order chi connectivity index (χ0) is 22.6. The lowest BCUT2D eigenvalue weighted by Crippen LogP contribution is -2.20. The molecular weight excluding hydrogens is 462 g/mol. The van der Waals surface area contributed by atoms with Gasteiger partial charge in [0.1, 0.15) is 5.75 Å². The van der Waals surface area contributed by atoms with Crippen molar-refractivity contribution in [3.05, 3.63) is 69.6 Å². The largest absolute Gasteiger partial charge is 0.497 e. The Morgan fingerprint density at radius 1 is 1.23 bits per heavy atom. The number of aromatic amines is 1. The Kier molecular flexibility index (Phi) is 7.04. The summed E-state index contributed by atoms with van der Waals surface area (Å²) >= 11 is 6.97. The van der Waals surface area contributed by atoms with Gasteiger partial charge in [-0.05, 0) is 48.9 Å². The number of sulfone groups is 1. The molecule has 3 rings (SSSR count). The summed E-state index contributed by atoms with van der Waals surface area (Å²) in [6.07, 6.45) is 0.978. The molecule has 2 aromatic carbocycles. The molecule has 0 spiro atoms. The zero-order valence-electron chi connectivity index (χ0n) is 16.5. The Balaban J connectivity index is 1.69. The summed E-state index contributed by atoms with van der Waals surface area (Å²) in [6, 6.07) is 11.0. The maximum atomic E-state index is 12.7. The Morgan fingerprint density at radius 3 is 2.55 bits per heavy atom. The standard InChI is InChI=1S/C20H18ClN3O5S2/c1-12-3-8-15(9-16(12)21)31(27,28)17-10-22-20(24-19(17)26)30-11-18(25)23-13-4-6-14(29-2)7-5-13/h3-10H,11H2,1-2H3,(H,23,25)(H,22,24,26). The van der Waals surface area contributed by atoms with Crippen molar-refractivity contribution in [2.24, 2.45) is 0 Å². The predicted octanol–water partition coefficient (Wildman–Crippen LogP) is 3.30. The van der Waals surface area contributed by atoms with Gasteiger partial charge in [-0.3, -0.25) is 9.59 Å². The third kappa shape index (κ3) is 5.46. The number of hydrogen-bond donors (Lipinski definition) is 2. The van der Waals surface area contributed by atoms with Gasteiger partial charge in [-0.2, -0.15) is 0 Å². The number of amides is 1. The van der Waals surface area contributed by atoms with E-state index >= 15 is 0 Å². The number of carbonyl (C=O) groups is 1. The van der Waals surface area contributed by atoms with Crippen LogP contribution in [0.25, 0.3) is 0 Å². The van der Waals surface area contributed by atoms with Crippen molar-refractivity contribution in [2.45, 2.75) is 21.9 Å². The summed E-state index contributed by atoms with van der Waals surface area (Å²) < 4.78 is 30.5. The van der Waals surface area contributed by atoms with E-state index in [4.69, 9.17) is 16.3 Å². The normalized spacial score (nSPS) is 11.2. The van der Waals surface area contributed by atoms with Crippen LogP contribution >= 0.6 is 23.4 Å². The van der Waals surface area contributed by atoms with Gasteiger partial charge >= 0.3 is 0 Å². The van der Waals surface area contributed by atoms with Gasteiger partial charge in [-0.25, -0.2) is 13.4 Å². The van der Waals surface area contributed by atoms with Crippen LogP contribution in [-0.2, 0) is 14.6 Å². The second-order valence-electron chi connectivity index (χ2n) is 6.36. The van der Waals surface area contributed by atoms with Gasteiger partial charge in [0, 0.05) is 10.7 Å². The molecule has 1 heterocycles. The molecule has 162 valence electrons. The molecule has 1 aromatic heterocycles. The number of H-pyrrole nitrogens is 1. The molecule has 0 saturated carbocycles. The van der Waals surface area contributed by atoms with E-state index in [1.54, 1.807) is 44.4 Å². The van der Waals surface area contributed by atoms with Crippen molar-refractivity contribution in [1.82, 2.24) is 9.97 Å². The monoisotopic (exact) mass is 479 g/mol. The molecule has 0 aliphatic heterocycles. The van der Waals surface area contributed by atoms with Crippen molar-refractivity contribution in [1.29, 1.82) is 0 Å². The second-order valence-corrected chi connectivity index (χ2v) is 9.65. The smallest absolute Gasteiger partial charge is 0.270 e. The van der Waals surface area contributed by atoms with Crippen LogP contribution in [0.2, 0.25) is 5.02 Å². The molecule has 11 heteroatoms. The van der Waals surface area contributed by atoms with Gasteiger partial charge in [-0.15, -0.1) is 0 Å². The fourth-order valence-corrected chi connectivity index (χ4v) is 4.64. The Labute approximate surface area is 187 Å². The summed E-state index contributed by atoms with van der Waals surface area (Å²) in [7, 11) is -2.55. The first-order chi connectivity index (χ1) is 14.7. The summed E-state index contributed by atoms with van der Waals surface area (Å²) in [5, 5.41) is 3.10. The molecule has 0 atom stereocenters. The molecule has 2 N–H and O–H groups in total. The van der Waals surface area contributed by atoms with Crippen LogP contribution in [0.1, 0.15) is 5.56 Å². The number of halogens is 1. The van der Waals surface area contributed by atoms with E-state index in [-0.39, 0.29) is 26.7 Å². The molecule has 3 aromatic rings. The van der Waals surface area contributed by atoms with Gasteiger partial charge < -0.3 is 15.0 Å². The van der Waals surface area contributed by atoms with Crippen LogP contribution in [0.15, 0.2) is 68.4 Å². The molecule has 0 aliphatic rings. The summed E-state index contributed by atoms with van der Waals surface area (Å²) in [5.74, 6) is 0.315. The summed E-state index contributed by atoms with van der Waals surface area (Å²) in [5.41, 5.74) is 0.475. The number of ether oxygens (including phenoxy) is 1. The summed E-state index contributed by atoms with van der Waals surface area (Å²) in [4.78, 5) is 30.2. The van der Waals surface area contributed by atoms with E-state index in [9.17, 15) is 18.0 Å². The third-order valence-electron chi connectivity index (χ3n) is 4.20. The maximum absolute atomic E-state index is 12.7. The average Bonchev–Trinajstić information content (AvgIpc) is 2.74. The summed E-state index contributed by atoms with van der Waals surface area (Å²) in [6.45, 7) is 1.74. The van der Waals surface area contributed by atoms with Gasteiger partial charge in [0.2, 0.25) is 15.7 Å². The average molecular weight is 480 g/mol. The molecule has 31 heavy (non-hydrogen) atoms.